The first-order valence-electron chi connectivity index (χ1n) is 6.42. The Bertz CT molecular complexity index is 829. The summed E-state index contributed by atoms with van der Waals surface area (Å²) in [6.07, 6.45) is 0. The van der Waals surface area contributed by atoms with E-state index in [1.165, 1.54) is 29.8 Å². The maximum atomic E-state index is 13.2. The zero-order chi connectivity index (χ0) is 17.3. The average Bonchev–Trinajstić information content (AvgIpc) is 2.78. The second-order valence-electron chi connectivity index (χ2n) is 4.85. The SMILES string of the molecule is Cc1cc(NC(=O)c2cc(C(=O)C(=O)O)c(Cl)n2C)ccc1F. The number of hydrogen-bond donors (Lipinski definition) is 2. The van der Waals surface area contributed by atoms with Crippen LogP contribution in [-0.2, 0) is 11.8 Å². The van der Waals surface area contributed by atoms with E-state index < -0.39 is 23.5 Å². The molecule has 6 nitrogen and oxygen atoms in total. The van der Waals surface area contributed by atoms with Crippen molar-refractivity contribution in [3.8, 4) is 0 Å². The summed E-state index contributed by atoms with van der Waals surface area (Å²) in [7, 11) is 1.42. The molecule has 0 bridgehead atoms. The molecule has 0 radical (unpaired) electrons. The van der Waals surface area contributed by atoms with Gasteiger partial charge in [-0.25, -0.2) is 9.18 Å². The lowest BCUT2D eigenvalue weighted by atomic mass is 10.2. The van der Waals surface area contributed by atoms with Crippen molar-refractivity contribution in [1.82, 2.24) is 4.57 Å². The molecule has 2 rings (SSSR count). The van der Waals surface area contributed by atoms with Gasteiger partial charge in [0.15, 0.2) is 0 Å². The molecule has 0 aliphatic heterocycles. The van der Waals surface area contributed by atoms with E-state index in [4.69, 9.17) is 16.7 Å². The van der Waals surface area contributed by atoms with E-state index in [2.05, 4.69) is 5.32 Å². The van der Waals surface area contributed by atoms with Crippen LogP contribution in [0, 0.1) is 12.7 Å². The van der Waals surface area contributed by atoms with Gasteiger partial charge in [-0.15, -0.1) is 0 Å². The third kappa shape index (κ3) is 3.24. The quantitative estimate of drug-likeness (QED) is 0.662. The predicted octanol–water partition coefficient (Wildman–Crippen LogP) is 2.65. The van der Waals surface area contributed by atoms with E-state index in [-0.39, 0.29) is 16.4 Å². The predicted molar refractivity (Wildman–Crippen MR) is 81.5 cm³/mol. The molecule has 1 heterocycles. The minimum Gasteiger partial charge on any atom is -0.475 e. The molecule has 1 aromatic heterocycles. The normalized spacial score (nSPS) is 10.4. The number of carbonyl (C=O) groups excluding carboxylic acids is 2. The Morgan fingerprint density at radius 2 is 1.91 bits per heavy atom. The van der Waals surface area contributed by atoms with Gasteiger partial charge in [0.1, 0.15) is 16.7 Å². The lowest BCUT2D eigenvalue weighted by molar-refractivity contribution is -0.131. The lowest BCUT2D eigenvalue weighted by Crippen LogP contribution is -2.15. The molecule has 23 heavy (non-hydrogen) atoms. The number of Topliss-reactive ketones (excluding diaryl/α,β-unsaturated/α-hetero) is 1. The lowest BCUT2D eigenvalue weighted by Gasteiger charge is -2.07. The van der Waals surface area contributed by atoms with Gasteiger partial charge >= 0.3 is 5.97 Å². The maximum Gasteiger partial charge on any atom is 0.377 e. The molecule has 1 amide bonds. The number of benzene rings is 1. The monoisotopic (exact) mass is 338 g/mol. The summed E-state index contributed by atoms with van der Waals surface area (Å²) in [6.45, 7) is 1.55. The van der Waals surface area contributed by atoms with Crippen LogP contribution in [0.1, 0.15) is 26.4 Å². The standard InChI is InChI=1S/C15H12ClFN2O4/c1-7-5-8(3-4-10(7)17)18-14(21)11-6-9(12(20)15(22)23)13(16)19(11)2/h3-6H,1-2H3,(H,18,21)(H,22,23). The van der Waals surface area contributed by atoms with Gasteiger partial charge in [-0.2, -0.15) is 0 Å². The molecule has 0 saturated carbocycles. The van der Waals surface area contributed by atoms with Crippen molar-refractivity contribution >= 4 is 34.9 Å². The summed E-state index contributed by atoms with van der Waals surface area (Å²) in [5, 5.41) is 11.1. The van der Waals surface area contributed by atoms with Crippen molar-refractivity contribution in [3.63, 3.8) is 0 Å². The van der Waals surface area contributed by atoms with E-state index >= 15 is 0 Å². The van der Waals surface area contributed by atoms with Crippen LogP contribution in [0.3, 0.4) is 0 Å². The van der Waals surface area contributed by atoms with Gasteiger partial charge in [0.05, 0.1) is 5.56 Å². The van der Waals surface area contributed by atoms with Crippen LogP contribution in [0.4, 0.5) is 10.1 Å². The van der Waals surface area contributed by atoms with Gasteiger partial charge in [0.2, 0.25) is 0 Å². The molecule has 0 aliphatic rings. The number of carboxylic acid groups (broad SMARTS) is 1. The minimum atomic E-state index is -1.67. The highest BCUT2D eigenvalue weighted by atomic mass is 35.5. The largest absolute Gasteiger partial charge is 0.475 e. The third-order valence-electron chi connectivity index (χ3n) is 3.25. The number of halogens is 2. The molecule has 0 spiro atoms. The summed E-state index contributed by atoms with van der Waals surface area (Å²) in [6, 6.07) is 5.14. The summed E-state index contributed by atoms with van der Waals surface area (Å²) in [5.41, 5.74) is 0.440. The highest BCUT2D eigenvalue weighted by Gasteiger charge is 2.25. The number of aromatic nitrogens is 1. The second-order valence-corrected chi connectivity index (χ2v) is 5.20. The van der Waals surface area contributed by atoms with Crippen LogP contribution < -0.4 is 5.32 Å². The van der Waals surface area contributed by atoms with Gasteiger partial charge in [0, 0.05) is 12.7 Å². The average molecular weight is 339 g/mol. The Morgan fingerprint density at radius 1 is 1.26 bits per heavy atom. The van der Waals surface area contributed by atoms with Crippen LogP contribution in [0.25, 0.3) is 0 Å². The number of nitrogens with zero attached hydrogens (tertiary/aromatic N) is 1. The number of rotatable bonds is 4. The summed E-state index contributed by atoms with van der Waals surface area (Å²) in [4.78, 5) is 34.5. The number of aryl methyl sites for hydroxylation is 1. The molecule has 2 N–H and O–H groups in total. The summed E-state index contributed by atoms with van der Waals surface area (Å²) in [5.74, 6) is -3.88. The molecule has 0 saturated heterocycles. The number of hydrogen-bond acceptors (Lipinski definition) is 3. The smallest absolute Gasteiger partial charge is 0.377 e. The Kier molecular flexibility index (Phi) is 4.51. The van der Waals surface area contributed by atoms with E-state index in [1.54, 1.807) is 6.92 Å². The van der Waals surface area contributed by atoms with Gasteiger partial charge in [-0.1, -0.05) is 11.6 Å². The third-order valence-corrected chi connectivity index (χ3v) is 3.70. The van der Waals surface area contributed by atoms with Gasteiger partial charge in [-0.05, 0) is 36.8 Å². The van der Waals surface area contributed by atoms with E-state index in [1.807, 2.05) is 0 Å². The molecule has 0 aliphatic carbocycles. The molecule has 0 atom stereocenters. The highest BCUT2D eigenvalue weighted by molar-refractivity contribution is 6.45. The number of anilines is 1. The van der Waals surface area contributed by atoms with Crippen molar-refractivity contribution in [2.24, 2.45) is 7.05 Å². The van der Waals surface area contributed by atoms with E-state index in [0.717, 1.165) is 6.07 Å². The fourth-order valence-electron chi connectivity index (χ4n) is 1.99. The first-order chi connectivity index (χ1) is 10.7. The second kappa shape index (κ2) is 6.21. The number of aliphatic carboxylic acids is 1. The van der Waals surface area contributed by atoms with Crippen molar-refractivity contribution in [3.05, 3.63) is 52.1 Å². The van der Waals surface area contributed by atoms with Gasteiger partial charge in [0.25, 0.3) is 11.7 Å². The molecule has 8 heteroatoms. The summed E-state index contributed by atoms with van der Waals surface area (Å²) < 4.78 is 14.4. The number of ketones is 1. The number of carboxylic acids is 1. The Balaban J connectivity index is 2.32. The van der Waals surface area contributed by atoms with Crippen molar-refractivity contribution < 1.29 is 23.9 Å². The van der Waals surface area contributed by atoms with Crippen molar-refractivity contribution in [2.75, 3.05) is 5.32 Å². The van der Waals surface area contributed by atoms with Crippen molar-refractivity contribution in [1.29, 1.82) is 0 Å². The molecule has 2 aromatic rings. The molecule has 1 aromatic carbocycles. The molecular formula is C15H12ClFN2O4. The zero-order valence-electron chi connectivity index (χ0n) is 12.2. The van der Waals surface area contributed by atoms with Gasteiger partial charge in [-0.3, -0.25) is 9.59 Å². The molecule has 120 valence electrons. The number of nitrogens with one attached hydrogen (secondary N) is 1. The van der Waals surface area contributed by atoms with Crippen LogP contribution in [0.2, 0.25) is 5.15 Å². The fourth-order valence-corrected chi connectivity index (χ4v) is 2.22. The zero-order valence-corrected chi connectivity index (χ0v) is 12.9. The summed E-state index contributed by atoms with van der Waals surface area (Å²) >= 11 is 5.90. The fraction of sp³-hybridized carbons (Fsp3) is 0.133. The minimum absolute atomic E-state index is 0.00146. The topological polar surface area (TPSA) is 88.4 Å². The molecule has 0 unspecified atom stereocenters. The highest BCUT2D eigenvalue weighted by Crippen LogP contribution is 2.22. The van der Waals surface area contributed by atoms with E-state index in [9.17, 15) is 18.8 Å². The van der Waals surface area contributed by atoms with Crippen LogP contribution in [-0.4, -0.2) is 27.3 Å². The Hall–Kier alpha value is -2.67. The number of amides is 1. The van der Waals surface area contributed by atoms with E-state index in [0.29, 0.717) is 11.3 Å². The molecular weight excluding hydrogens is 327 g/mol. The molecule has 0 fully saturated rings. The first-order valence-corrected chi connectivity index (χ1v) is 6.80. The first kappa shape index (κ1) is 16.7. The Labute approximate surface area is 135 Å². The number of carbonyl (C=O) groups is 3. The van der Waals surface area contributed by atoms with Crippen LogP contribution in [0.15, 0.2) is 24.3 Å². The maximum absolute atomic E-state index is 13.2. The van der Waals surface area contributed by atoms with Crippen LogP contribution in [0.5, 0.6) is 0 Å². The van der Waals surface area contributed by atoms with Gasteiger partial charge < -0.3 is 15.0 Å². The Morgan fingerprint density at radius 3 is 2.48 bits per heavy atom. The van der Waals surface area contributed by atoms with Crippen LogP contribution >= 0.6 is 11.6 Å². The van der Waals surface area contributed by atoms with Crippen molar-refractivity contribution in [2.45, 2.75) is 6.92 Å².